The number of carbonyl (C=O) groups excluding carboxylic acids is 1. The molecule has 2 aliphatic rings. The van der Waals surface area contributed by atoms with Gasteiger partial charge in [0.2, 0.25) is 5.91 Å². The monoisotopic (exact) mass is 425 g/mol. The molecular formula is C19H31N5O4S. The van der Waals surface area contributed by atoms with Crippen molar-refractivity contribution in [3.05, 3.63) is 27.4 Å². The fourth-order valence-corrected chi connectivity index (χ4v) is 5.00. The lowest BCUT2D eigenvalue weighted by Gasteiger charge is -2.34. The minimum atomic E-state index is -3.58. The molecule has 9 nitrogen and oxygen atoms in total. The Bertz CT molecular complexity index is 927. The van der Waals surface area contributed by atoms with E-state index in [1.165, 1.54) is 18.4 Å². The third-order valence-electron chi connectivity index (χ3n) is 5.99. The lowest BCUT2D eigenvalue weighted by atomic mass is 9.95. The molecule has 1 aromatic rings. The SMILES string of the molecule is CC[C@H](C)C(=O)N1CCC[C@@H](c2nc3c(c(=O)[nH]2)CN(S(=O)(=O)N(C)C)CC3)C1. The van der Waals surface area contributed by atoms with Crippen LogP contribution in [-0.2, 0) is 28.0 Å². The van der Waals surface area contributed by atoms with E-state index in [1.54, 1.807) is 0 Å². The summed E-state index contributed by atoms with van der Waals surface area (Å²) in [4.78, 5) is 34.7. The molecule has 2 atom stereocenters. The van der Waals surface area contributed by atoms with Crippen molar-refractivity contribution in [2.45, 2.75) is 52.0 Å². The number of nitrogens with zero attached hydrogens (tertiary/aromatic N) is 4. The van der Waals surface area contributed by atoms with Gasteiger partial charge in [0.25, 0.3) is 15.8 Å². The van der Waals surface area contributed by atoms with Gasteiger partial charge >= 0.3 is 0 Å². The first kappa shape index (κ1) is 21.9. The second kappa shape index (κ2) is 8.53. The summed E-state index contributed by atoms with van der Waals surface area (Å²) in [6, 6.07) is 0. The van der Waals surface area contributed by atoms with Crippen LogP contribution in [0.25, 0.3) is 0 Å². The number of fused-ring (bicyclic) bond motifs is 1. The van der Waals surface area contributed by atoms with E-state index >= 15 is 0 Å². The van der Waals surface area contributed by atoms with Crippen LogP contribution < -0.4 is 5.56 Å². The molecule has 1 N–H and O–H groups in total. The summed E-state index contributed by atoms with van der Waals surface area (Å²) in [6.45, 7) is 5.58. The number of H-pyrrole nitrogens is 1. The molecule has 0 saturated carbocycles. The Morgan fingerprint density at radius 2 is 2.07 bits per heavy atom. The minimum Gasteiger partial charge on any atom is -0.342 e. The highest BCUT2D eigenvalue weighted by molar-refractivity contribution is 7.86. The largest absolute Gasteiger partial charge is 0.342 e. The number of hydrogen-bond acceptors (Lipinski definition) is 5. The molecule has 1 amide bonds. The fourth-order valence-electron chi connectivity index (χ4n) is 3.93. The third-order valence-corrected chi connectivity index (χ3v) is 7.88. The van der Waals surface area contributed by atoms with Crippen LogP contribution >= 0.6 is 0 Å². The topological polar surface area (TPSA) is 107 Å². The minimum absolute atomic E-state index is 0.00158. The Labute approximate surface area is 172 Å². The van der Waals surface area contributed by atoms with E-state index in [0.29, 0.717) is 36.6 Å². The van der Waals surface area contributed by atoms with Crippen molar-refractivity contribution in [1.82, 2.24) is 23.5 Å². The summed E-state index contributed by atoms with van der Waals surface area (Å²) >= 11 is 0. The van der Waals surface area contributed by atoms with Crippen molar-refractivity contribution >= 4 is 16.1 Å². The first-order chi connectivity index (χ1) is 13.6. The number of amides is 1. The highest BCUT2D eigenvalue weighted by Gasteiger charge is 2.33. The van der Waals surface area contributed by atoms with Crippen LogP contribution in [0.1, 0.15) is 56.1 Å². The molecule has 10 heteroatoms. The number of hydrogen-bond donors (Lipinski definition) is 1. The number of carbonyl (C=O) groups is 1. The molecular weight excluding hydrogens is 394 g/mol. The summed E-state index contributed by atoms with van der Waals surface area (Å²) < 4.78 is 27.2. The molecule has 0 radical (unpaired) electrons. The second-order valence-corrected chi connectivity index (χ2v) is 10.3. The number of rotatable bonds is 5. The van der Waals surface area contributed by atoms with Crippen LogP contribution in [0.3, 0.4) is 0 Å². The van der Waals surface area contributed by atoms with Gasteiger partial charge in [-0.1, -0.05) is 13.8 Å². The highest BCUT2D eigenvalue weighted by Crippen LogP contribution is 2.27. The Morgan fingerprint density at radius 1 is 1.34 bits per heavy atom. The molecule has 29 heavy (non-hydrogen) atoms. The average Bonchev–Trinajstić information content (AvgIpc) is 2.72. The normalized spacial score (nSPS) is 21.8. The zero-order valence-electron chi connectivity index (χ0n) is 17.6. The molecule has 0 aromatic carbocycles. The van der Waals surface area contributed by atoms with Gasteiger partial charge < -0.3 is 9.88 Å². The molecule has 3 rings (SSSR count). The van der Waals surface area contributed by atoms with Crippen LogP contribution in [0, 0.1) is 5.92 Å². The van der Waals surface area contributed by atoms with Crippen molar-refractivity contribution in [3.8, 4) is 0 Å². The molecule has 0 bridgehead atoms. The zero-order valence-corrected chi connectivity index (χ0v) is 18.5. The Balaban J connectivity index is 1.81. The number of likely N-dealkylation sites (tertiary alicyclic amines) is 1. The van der Waals surface area contributed by atoms with Crippen LogP contribution in [0.15, 0.2) is 4.79 Å². The predicted molar refractivity (Wildman–Crippen MR) is 110 cm³/mol. The maximum absolute atomic E-state index is 12.7. The van der Waals surface area contributed by atoms with Crippen LogP contribution in [0.5, 0.6) is 0 Å². The molecule has 0 spiro atoms. The van der Waals surface area contributed by atoms with E-state index in [9.17, 15) is 18.0 Å². The van der Waals surface area contributed by atoms with E-state index in [4.69, 9.17) is 0 Å². The summed E-state index contributed by atoms with van der Waals surface area (Å²) in [5, 5.41) is 0. The summed E-state index contributed by atoms with van der Waals surface area (Å²) in [5.41, 5.74) is 0.794. The van der Waals surface area contributed by atoms with E-state index in [-0.39, 0.29) is 29.8 Å². The number of aromatic nitrogens is 2. The number of piperidine rings is 1. The van der Waals surface area contributed by atoms with Crippen molar-refractivity contribution in [1.29, 1.82) is 0 Å². The molecule has 1 saturated heterocycles. The van der Waals surface area contributed by atoms with Crippen molar-refractivity contribution in [2.24, 2.45) is 5.92 Å². The van der Waals surface area contributed by atoms with Crippen molar-refractivity contribution in [2.75, 3.05) is 33.7 Å². The van der Waals surface area contributed by atoms with Gasteiger partial charge in [0.05, 0.1) is 11.3 Å². The van der Waals surface area contributed by atoms with Crippen LogP contribution in [-0.4, -0.2) is 71.5 Å². The lowest BCUT2D eigenvalue weighted by molar-refractivity contribution is -0.136. The molecule has 162 valence electrons. The maximum atomic E-state index is 12.7. The summed E-state index contributed by atoms with van der Waals surface area (Å²) in [5.74, 6) is 0.758. The van der Waals surface area contributed by atoms with Crippen molar-refractivity contribution in [3.63, 3.8) is 0 Å². The lowest BCUT2D eigenvalue weighted by Crippen LogP contribution is -2.45. The van der Waals surface area contributed by atoms with Gasteiger partial charge in [-0.15, -0.1) is 0 Å². The molecule has 1 aromatic heterocycles. The van der Waals surface area contributed by atoms with Crippen LogP contribution in [0.4, 0.5) is 0 Å². The first-order valence-electron chi connectivity index (χ1n) is 10.2. The average molecular weight is 426 g/mol. The van der Waals surface area contributed by atoms with Gasteiger partial charge in [0.15, 0.2) is 0 Å². The Hall–Kier alpha value is -1.78. The van der Waals surface area contributed by atoms with Crippen LogP contribution in [0.2, 0.25) is 0 Å². The second-order valence-electron chi connectivity index (χ2n) is 8.18. The fraction of sp³-hybridized carbons (Fsp3) is 0.737. The van der Waals surface area contributed by atoms with Crippen molar-refractivity contribution < 1.29 is 13.2 Å². The summed E-state index contributed by atoms with van der Waals surface area (Å²) in [6.07, 6.45) is 2.96. The van der Waals surface area contributed by atoms with Gasteiger partial charge in [-0.3, -0.25) is 9.59 Å². The van der Waals surface area contributed by atoms with Gasteiger partial charge in [0, 0.05) is 58.5 Å². The van der Waals surface area contributed by atoms with Gasteiger partial charge in [-0.25, -0.2) is 4.98 Å². The van der Waals surface area contributed by atoms with E-state index in [0.717, 1.165) is 30.1 Å². The maximum Gasteiger partial charge on any atom is 0.281 e. The highest BCUT2D eigenvalue weighted by atomic mass is 32.2. The van der Waals surface area contributed by atoms with E-state index in [2.05, 4.69) is 9.97 Å². The van der Waals surface area contributed by atoms with Gasteiger partial charge in [-0.2, -0.15) is 17.0 Å². The first-order valence-corrected chi connectivity index (χ1v) is 11.6. The molecule has 0 aliphatic carbocycles. The Kier molecular flexibility index (Phi) is 6.45. The van der Waals surface area contributed by atoms with E-state index in [1.807, 2.05) is 18.7 Å². The van der Waals surface area contributed by atoms with Gasteiger partial charge in [0.1, 0.15) is 5.82 Å². The molecule has 3 heterocycles. The van der Waals surface area contributed by atoms with E-state index < -0.39 is 10.2 Å². The number of nitrogens with one attached hydrogen (secondary N) is 1. The zero-order chi connectivity index (χ0) is 21.3. The standard InChI is InChI=1S/C19H31N5O4S/c1-5-13(2)19(26)23-9-6-7-14(11-23)17-20-16-8-10-24(29(27,28)22(3)4)12-15(16)18(25)21-17/h13-14H,5-12H2,1-4H3,(H,20,21,25)/t13-,14+/m0/s1. The Morgan fingerprint density at radius 3 is 2.72 bits per heavy atom. The predicted octanol–water partition coefficient (Wildman–Crippen LogP) is 0.687. The molecule has 0 unspecified atom stereocenters. The third kappa shape index (κ3) is 4.39. The molecule has 1 fully saturated rings. The van der Waals surface area contributed by atoms with Gasteiger partial charge in [-0.05, 0) is 19.3 Å². The molecule has 2 aliphatic heterocycles. The smallest absolute Gasteiger partial charge is 0.281 e. The summed E-state index contributed by atoms with van der Waals surface area (Å²) in [7, 11) is -0.619. The quantitative estimate of drug-likeness (QED) is 0.747. The number of aromatic amines is 1.